The van der Waals surface area contributed by atoms with Crippen molar-refractivity contribution in [3.8, 4) is 0 Å². The molecule has 1 aliphatic carbocycles. The van der Waals surface area contributed by atoms with Crippen LogP contribution in [0.15, 0.2) is 0 Å². The van der Waals surface area contributed by atoms with Gasteiger partial charge in [-0.15, -0.1) is 12.4 Å². The number of hydrogen-bond acceptors (Lipinski definition) is 3. The highest BCUT2D eigenvalue weighted by Gasteiger charge is 2.24. The van der Waals surface area contributed by atoms with E-state index in [0.29, 0.717) is 24.8 Å². The van der Waals surface area contributed by atoms with Crippen molar-refractivity contribution < 1.29 is 9.90 Å². The van der Waals surface area contributed by atoms with Crippen LogP contribution in [0.4, 0.5) is 0 Å². The van der Waals surface area contributed by atoms with Crippen LogP contribution >= 0.6 is 12.4 Å². The topological polar surface area (TPSA) is 61.4 Å². The molecular weight excluding hydrogens is 324 g/mol. The highest BCUT2D eigenvalue weighted by molar-refractivity contribution is 5.85. The molecule has 0 unspecified atom stereocenters. The standard InChI is InChI=1S/C19H38N2O2.ClH/c1-14(2)10-19(23)21-13-18(22)17(20-12-15(3)4)11-16-8-6-5-7-9-16;/h14-18,20,22H,5-13H2,1-4H3,(H,21,23);1H/t17-,18+;/m0./s1. The van der Waals surface area contributed by atoms with Crippen LogP contribution in [-0.2, 0) is 4.79 Å². The molecule has 0 radical (unpaired) electrons. The minimum Gasteiger partial charge on any atom is -0.390 e. The van der Waals surface area contributed by atoms with Gasteiger partial charge in [-0.25, -0.2) is 0 Å². The quantitative estimate of drug-likeness (QED) is 0.557. The van der Waals surface area contributed by atoms with Crippen LogP contribution in [-0.4, -0.2) is 36.2 Å². The lowest BCUT2D eigenvalue weighted by Gasteiger charge is -2.31. The van der Waals surface area contributed by atoms with E-state index in [2.05, 4.69) is 24.5 Å². The summed E-state index contributed by atoms with van der Waals surface area (Å²) >= 11 is 0. The molecular formula is C19H39ClN2O2. The average molecular weight is 363 g/mol. The normalized spacial score (nSPS) is 18.3. The smallest absolute Gasteiger partial charge is 0.220 e. The molecule has 0 heterocycles. The second-order valence-corrected chi connectivity index (χ2v) is 8.12. The second-order valence-electron chi connectivity index (χ2n) is 8.12. The Balaban J connectivity index is 0.00000529. The maximum Gasteiger partial charge on any atom is 0.220 e. The molecule has 0 aliphatic heterocycles. The van der Waals surface area contributed by atoms with E-state index >= 15 is 0 Å². The summed E-state index contributed by atoms with van der Waals surface area (Å²) in [6.07, 6.45) is 7.61. The van der Waals surface area contributed by atoms with Crippen LogP contribution in [0.2, 0.25) is 0 Å². The third kappa shape index (κ3) is 10.5. The van der Waals surface area contributed by atoms with Gasteiger partial charge in [-0.1, -0.05) is 59.8 Å². The van der Waals surface area contributed by atoms with Crippen molar-refractivity contribution in [3.05, 3.63) is 0 Å². The van der Waals surface area contributed by atoms with Crippen LogP contribution in [0, 0.1) is 17.8 Å². The van der Waals surface area contributed by atoms with Crippen molar-refractivity contribution >= 4 is 18.3 Å². The van der Waals surface area contributed by atoms with Crippen molar-refractivity contribution in [1.29, 1.82) is 0 Å². The van der Waals surface area contributed by atoms with E-state index < -0.39 is 6.10 Å². The molecule has 1 fully saturated rings. The van der Waals surface area contributed by atoms with Crippen molar-refractivity contribution in [2.75, 3.05) is 13.1 Å². The van der Waals surface area contributed by atoms with Gasteiger partial charge < -0.3 is 15.7 Å². The molecule has 1 saturated carbocycles. The molecule has 3 N–H and O–H groups in total. The third-order valence-electron chi connectivity index (χ3n) is 4.67. The maximum atomic E-state index is 11.8. The van der Waals surface area contributed by atoms with Gasteiger partial charge in [0.25, 0.3) is 0 Å². The first-order chi connectivity index (χ1) is 10.9. The van der Waals surface area contributed by atoms with E-state index in [1.54, 1.807) is 0 Å². The van der Waals surface area contributed by atoms with Gasteiger partial charge >= 0.3 is 0 Å². The Morgan fingerprint density at radius 2 is 1.67 bits per heavy atom. The molecule has 0 aromatic heterocycles. The molecule has 144 valence electrons. The highest BCUT2D eigenvalue weighted by Crippen LogP contribution is 2.28. The number of amides is 1. The van der Waals surface area contributed by atoms with E-state index in [0.717, 1.165) is 18.9 Å². The minimum absolute atomic E-state index is 0. The summed E-state index contributed by atoms with van der Waals surface area (Å²) in [7, 11) is 0. The molecule has 5 heteroatoms. The van der Waals surface area contributed by atoms with E-state index in [9.17, 15) is 9.90 Å². The Labute approximate surface area is 155 Å². The Hall–Kier alpha value is -0.320. The van der Waals surface area contributed by atoms with Crippen LogP contribution in [0.5, 0.6) is 0 Å². The third-order valence-corrected chi connectivity index (χ3v) is 4.67. The number of carbonyl (C=O) groups excluding carboxylic acids is 1. The van der Waals surface area contributed by atoms with E-state index in [-0.39, 0.29) is 24.4 Å². The van der Waals surface area contributed by atoms with E-state index in [1.807, 2.05) is 13.8 Å². The van der Waals surface area contributed by atoms with Gasteiger partial charge in [-0.05, 0) is 30.7 Å². The first-order valence-electron chi connectivity index (χ1n) is 9.56. The van der Waals surface area contributed by atoms with Crippen LogP contribution in [0.3, 0.4) is 0 Å². The lowest BCUT2D eigenvalue weighted by atomic mass is 9.83. The number of aliphatic hydroxyl groups excluding tert-OH is 1. The van der Waals surface area contributed by atoms with Crippen LogP contribution in [0.1, 0.15) is 72.6 Å². The molecule has 0 spiro atoms. The summed E-state index contributed by atoms with van der Waals surface area (Å²) in [5, 5.41) is 17.0. The van der Waals surface area contributed by atoms with Crippen LogP contribution < -0.4 is 10.6 Å². The summed E-state index contributed by atoms with van der Waals surface area (Å²) in [6.45, 7) is 9.70. The molecule has 0 aromatic carbocycles. The fourth-order valence-electron chi connectivity index (χ4n) is 3.35. The fraction of sp³-hybridized carbons (Fsp3) is 0.947. The number of aliphatic hydroxyl groups is 1. The zero-order chi connectivity index (χ0) is 17.2. The predicted octanol–water partition coefficient (Wildman–Crippen LogP) is 3.52. The van der Waals surface area contributed by atoms with Gasteiger partial charge in [0.1, 0.15) is 0 Å². The molecule has 1 aliphatic rings. The van der Waals surface area contributed by atoms with E-state index in [1.165, 1.54) is 32.1 Å². The van der Waals surface area contributed by atoms with Crippen molar-refractivity contribution in [3.63, 3.8) is 0 Å². The summed E-state index contributed by atoms with van der Waals surface area (Å²) in [5.41, 5.74) is 0. The monoisotopic (exact) mass is 362 g/mol. The predicted molar refractivity (Wildman–Crippen MR) is 104 cm³/mol. The SMILES string of the molecule is CC(C)CN[C@@H](CC1CCCCC1)[C@H](O)CNC(=O)CC(C)C.Cl. The Bertz CT molecular complexity index is 331. The number of rotatable bonds is 10. The van der Waals surface area contributed by atoms with Gasteiger partial charge in [0.2, 0.25) is 5.91 Å². The Morgan fingerprint density at radius 3 is 2.21 bits per heavy atom. The van der Waals surface area contributed by atoms with Crippen molar-refractivity contribution in [1.82, 2.24) is 10.6 Å². The fourth-order valence-corrected chi connectivity index (χ4v) is 3.35. The van der Waals surface area contributed by atoms with Gasteiger partial charge in [-0.3, -0.25) is 4.79 Å². The van der Waals surface area contributed by atoms with Gasteiger partial charge in [0.05, 0.1) is 6.10 Å². The lowest BCUT2D eigenvalue weighted by molar-refractivity contribution is -0.122. The lowest BCUT2D eigenvalue weighted by Crippen LogP contribution is -2.48. The number of hydrogen-bond donors (Lipinski definition) is 3. The van der Waals surface area contributed by atoms with Gasteiger partial charge in [0, 0.05) is 19.0 Å². The zero-order valence-corrected chi connectivity index (χ0v) is 16.8. The van der Waals surface area contributed by atoms with Crippen molar-refractivity contribution in [2.45, 2.75) is 84.8 Å². The van der Waals surface area contributed by atoms with E-state index in [4.69, 9.17) is 0 Å². The molecule has 4 nitrogen and oxygen atoms in total. The number of carbonyl (C=O) groups is 1. The largest absolute Gasteiger partial charge is 0.390 e. The Morgan fingerprint density at radius 1 is 1.04 bits per heavy atom. The molecule has 0 bridgehead atoms. The molecule has 1 amide bonds. The second kappa shape index (κ2) is 13.0. The van der Waals surface area contributed by atoms with Gasteiger partial charge in [0.15, 0.2) is 0 Å². The summed E-state index contributed by atoms with van der Waals surface area (Å²) in [4.78, 5) is 11.8. The highest BCUT2D eigenvalue weighted by atomic mass is 35.5. The zero-order valence-electron chi connectivity index (χ0n) is 16.0. The summed E-state index contributed by atoms with van der Waals surface area (Å²) in [6, 6.07) is 0.0832. The molecule has 1 rings (SSSR count). The summed E-state index contributed by atoms with van der Waals surface area (Å²) in [5.74, 6) is 1.67. The number of nitrogens with one attached hydrogen (secondary N) is 2. The average Bonchev–Trinajstić information content (AvgIpc) is 2.49. The number of halogens is 1. The Kier molecular flexibility index (Phi) is 12.8. The molecule has 24 heavy (non-hydrogen) atoms. The summed E-state index contributed by atoms with van der Waals surface area (Å²) < 4.78 is 0. The minimum atomic E-state index is -0.508. The first kappa shape index (κ1) is 23.7. The first-order valence-corrected chi connectivity index (χ1v) is 9.56. The van der Waals surface area contributed by atoms with Gasteiger partial charge in [-0.2, -0.15) is 0 Å². The maximum absolute atomic E-state index is 11.8. The van der Waals surface area contributed by atoms with Crippen molar-refractivity contribution in [2.24, 2.45) is 17.8 Å². The molecule has 0 saturated heterocycles. The van der Waals surface area contributed by atoms with Crippen LogP contribution in [0.25, 0.3) is 0 Å². The molecule has 0 aromatic rings. The molecule has 2 atom stereocenters.